The van der Waals surface area contributed by atoms with Gasteiger partial charge in [-0.2, -0.15) is 0 Å². The van der Waals surface area contributed by atoms with Crippen LogP contribution in [0.15, 0.2) is 0 Å². The maximum atomic E-state index is 3.82. The van der Waals surface area contributed by atoms with E-state index in [9.17, 15) is 0 Å². The lowest BCUT2D eigenvalue weighted by Crippen LogP contribution is -2.45. The van der Waals surface area contributed by atoms with Gasteiger partial charge in [-0.3, -0.25) is 0 Å². The first-order valence-corrected chi connectivity index (χ1v) is 6.79. The van der Waals surface area contributed by atoms with Crippen LogP contribution in [0.4, 0.5) is 0 Å². The third-order valence-corrected chi connectivity index (χ3v) is 4.54. The highest BCUT2D eigenvalue weighted by molar-refractivity contribution is 4.87. The smallest absolute Gasteiger partial charge is 0.00672 e. The van der Waals surface area contributed by atoms with Crippen molar-refractivity contribution >= 4 is 0 Å². The van der Waals surface area contributed by atoms with E-state index in [1.807, 2.05) is 0 Å². The molecule has 1 saturated carbocycles. The normalized spacial score (nSPS) is 27.0. The van der Waals surface area contributed by atoms with Gasteiger partial charge in [0.2, 0.25) is 0 Å². The van der Waals surface area contributed by atoms with Crippen molar-refractivity contribution < 1.29 is 0 Å². The van der Waals surface area contributed by atoms with Gasteiger partial charge in [0, 0.05) is 12.6 Å². The van der Waals surface area contributed by atoms with Gasteiger partial charge in [0.1, 0.15) is 0 Å². The largest absolute Gasteiger partial charge is 0.317 e. The van der Waals surface area contributed by atoms with Crippen molar-refractivity contribution in [3.05, 3.63) is 0 Å². The van der Waals surface area contributed by atoms with E-state index in [1.54, 1.807) is 0 Å². The van der Waals surface area contributed by atoms with Crippen LogP contribution in [0.25, 0.3) is 0 Å². The van der Waals surface area contributed by atoms with Crippen LogP contribution in [-0.2, 0) is 0 Å². The quantitative estimate of drug-likeness (QED) is 0.744. The Labute approximate surface area is 94.2 Å². The summed E-state index contributed by atoms with van der Waals surface area (Å²) < 4.78 is 0. The highest BCUT2D eigenvalue weighted by Gasteiger charge is 2.30. The topological polar surface area (TPSA) is 24.1 Å². The summed E-state index contributed by atoms with van der Waals surface area (Å²) in [7, 11) is 0. The summed E-state index contributed by atoms with van der Waals surface area (Å²) in [6, 6.07) is 0.836. The second-order valence-corrected chi connectivity index (χ2v) is 5.47. The zero-order chi connectivity index (χ0) is 10.6. The van der Waals surface area contributed by atoms with Gasteiger partial charge in [0.05, 0.1) is 0 Å². The second kappa shape index (κ2) is 5.31. The molecule has 0 bridgehead atoms. The van der Waals surface area contributed by atoms with Gasteiger partial charge in [0.15, 0.2) is 0 Å². The molecular formula is C13H26N2. The van der Waals surface area contributed by atoms with Crippen LogP contribution in [0.5, 0.6) is 0 Å². The van der Waals surface area contributed by atoms with Crippen LogP contribution in [-0.4, -0.2) is 25.7 Å². The van der Waals surface area contributed by atoms with Gasteiger partial charge >= 0.3 is 0 Å². The predicted octanol–water partition coefficient (Wildman–Crippen LogP) is 2.30. The van der Waals surface area contributed by atoms with Crippen molar-refractivity contribution in [3.8, 4) is 0 Å². The third kappa shape index (κ3) is 2.94. The summed E-state index contributed by atoms with van der Waals surface area (Å²) in [5.74, 6) is 0. The van der Waals surface area contributed by atoms with Gasteiger partial charge in [-0.25, -0.2) is 0 Å². The molecular weight excluding hydrogens is 184 g/mol. The molecule has 1 saturated heterocycles. The highest BCUT2D eigenvalue weighted by atomic mass is 14.9. The van der Waals surface area contributed by atoms with E-state index in [1.165, 1.54) is 64.6 Å². The standard InChI is InChI=1S/C13H26N2/c1-2-13(7-9-14-10-8-13)11-15-12-5-3-4-6-12/h12,14-15H,2-11H2,1H3. The minimum Gasteiger partial charge on any atom is -0.317 e. The molecule has 2 N–H and O–H groups in total. The minimum absolute atomic E-state index is 0.605. The highest BCUT2D eigenvalue weighted by Crippen LogP contribution is 2.32. The van der Waals surface area contributed by atoms with Crippen LogP contribution in [0.2, 0.25) is 0 Å². The molecule has 2 aliphatic rings. The lowest BCUT2D eigenvalue weighted by atomic mass is 9.76. The Morgan fingerprint density at radius 2 is 1.87 bits per heavy atom. The van der Waals surface area contributed by atoms with E-state index < -0.39 is 0 Å². The Balaban J connectivity index is 1.78. The Kier molecular flexibility index (Phi) is 4.04. The first-order chi connectivity index (χ1) is 7.35. The lowest BCUT2D eigenvalue weighted by Gasteiger charge is -2.38. The summed E-state index contributed by atoms with van der Waals surface area (Å²) >= 11 is 0. The fraction of sp³-hybridized carbons (Fsp3) is 1.00. The first-order valence-electron chi connectivity index (χ1n) is 6.79. The molecule has 2 nitrogen and oxygen atoms in total. The number of rotatable bonds is 4. The van der Waals surface area contributed by atoms with Crippen molar-refractivity contribution in [2.24, 2.45) is 5.41 Å². The fourth-order valence-corrected chi connectivity index (χ4v) is 3.10. The second-order valence-electron chi connectivity index (χ2n) is 5.47. The van der Waals surface area contributed by atoms with E-state index in [0.29, 0.717) is 5.41 Å². The SMILES string of the molecule is CCC1(CNC2CCCC2)CCNCC1. The Morgan fingerprint density at radius 3 is 2.47 bits per heavy atom. The fourth-order valence-electron chi connectivity index (χ4n) is 3.10. The molecule has 0 unspecified atom stereocenters. The van der Waals surface area contributed by atoms with Gasteiger partial charge in [-0.1, -0.05) is 19.8 Å². The molecule has 0 amide bonds. The van der Waals surface area contributed by atoms with E-state index in [0.717, 1.165) is 6.04 Å². The van der Waals surface area contributed by atoms with Crippen molar-refractivity contribution in [1.29, 1.82) is 0 Å². The number of nitrogens with one attached hydrogen (secondary N) is 2. The van der Waals surface area contributed by atoms with Gasteiger partial charge in [-0.05, 0) is 50.6 Å². The molecule has 1 heterocycles. The Bertz CT molecular complexity index is 179. The summed E-state index contributed by atoms with van der Waals surface area (Å²) in [6.07, 6.45) is 9.79. The third-order valence-electron chi connectivity index (χ3n) is 4.54. The summed E-state index contributed by atoms with van der Waals surface area (Å²) in [5.41, 5.74) is 0.605. The number of hydrogen-bond acceptors (Lipinski definition) is 2. The van der Waals surface area contributed by atoms with Crippen LogP contribution in [0.1, 0.15) is 51.9 Å². The molecule has 2 rings (SSSR count). The molecule has 0 atom stereocenters. The van der Waals surface area contributed by atoms with E-state index in [4.69, 9.17) is 0 Å². The van der Waals surface area contributed by atoms with Crippen LogP contribution in [0.3, 0.4) is 0 Å². The monoisotopic (exact) mass is 210 g/mol. The molecule has 0 spiro atoms. The molecule has 0 aromatic heterocycles. The zero-order valence-electron chi connectivity index (χ0n) is 10.1. The molecule has 0 aromatic rings. The van der Waals surface area contributed by atoms with E-state index in [-0.39, 0.29) is 0 Å². The van der Waals surface area contributed by atoms with Crippen molar-refractivity contribution in [3.63, 3.8) is 0 Å². The molecule has 1 aliphatic carbocycles. The molecule has 15 heavy (non-hydrogen) atoms. The first kappa shape index (κ1) is 11.4. The summed E-state index contributed by atoms with van der Waals surface area (Å²) in [4.78, 5) is 0. The van der Waals surface area contributed by atoms with Crippen molar-refractivity contribution in [2.45, 2.75) is 57.9 Å². The van der Waals surface area contributed by atoms with Gasteiger partial charge < -0.3 is 10.6 Å². The molecule has 2 heteroatoms. The van der Waals surface area contributed by atoms with Crippen LogP contribution < -0.4 is 10.6 Å². The van der Waals surface area contributed by atoms with Crippen LogP contribution >= 0.6 is 0 Å². The summed E-state index contributed by atoms with van der Waals surface area (Å²) in [6.45, 7) is 6.07. The number of hydrogen-bond donors (Lipinski definition) is 2. The molecule has 1 aliphatic heterocycles. The average Bonchev–Trinajstić information content (AvgIpc) is 2.81. The van der Waals surface area contributed by atoms with Crippen molar-refractivity contribution in [2.75, 3.05) is 19.6 Å². The molecule has 2 fully saturated rings. The summed E-state index contributed by atoms with van der Waals surface area (Å²) in [5, 5.41) is 7.29. The predicted molar refractivity (Wildman–Crippen MR) is 65.1 cm³/mol. The van der Waals surface area contributed by atoms with Crippen molar-refractivity contribution in [1.82, 2.24) is 10.6 Å². The van der Waals surface area contributed by atoms with E-state index >= 15 is 0 Å². The number of piperidine rings is 1. The van der Waals surface area contributed by atoms with Gasteiger partial charge in [-0.15, -0.1) is 0 Å². The Morgan fingerprint density at radius 1 is 1.20 bits per heavy atom. The molecule has 0 aromatic carbocycles. The average molecular weight is 210 g/mol. The Hall–Kier alpha value is -0.0800. The molecule has 0 radical (unpaired) electrons. The molecule has 88 valence electrons. The maximum absolute atomic E-state index is 3.82. The van der Waals surface area contributed by atoms with Gasteiger partial charge in [0.25, 0.3) is 0 Å². The maximum Gasteiger partial charge on any atom is 0.00672 e. The van der Waals surface area contributed by atoms with E-state index in [2.05, 4.69) is 17.6 Å². The van der Waals surface area contributed by atoms with Crippen LogP contribution in [0, 0.1) is 5.41 Å². The lowest BCUT2D eigenvalue weighted by molar-refractivity contribution is 0.179. The zero-order valence-corrected chi connectivity index (χ0v) is 10.1. The minimum atomic E-state index is 0.605.